The Bertz CT molecular complexity index is 512. The van der Waals surface area contributed by atoms with Crippen LogP contribution in [-0.4, -0.2) is 12.1 Å². The van der Waals surface area contributed by atoms with Crippen LogP contribution < -0.4 is 0 Å². The second kappa shape index (κ2) is 4.43. The minimum Gasteiger partial charge on any atom is -0.459 e. The highest BCUT2D eigenvalue weighted by Gasteiger charge is 2.08. The molecule has 0 saturated carbocycles. The number of carbonyl (C=O) groups excluding carboxylic acids is 1. The molecular weight excluding hydrogens is 178 g/mol. The number of ether oxygens (including phenoxy) is 1. The molecule has 0 bridgehead atoms. The Kier molecular flexibility index (Phi) is 1.46. The molecule has 0 spiro atoms. The highest BCUT2D eigenvalue weighted by molar-refractivity contribution is 5.89. The van der Waals surface area contributed by atoms with E-state index in [0.29, 0.717) is 5.56 Å². The van der Waals surface area contributed by atoms with E-state index in [1.807, 2.05) is 6.07 Å². The van der Waals surface area contributed by atoms with Crippen LogP contribution in [0.25, 0.3) is 0 Å². The zero-order chi connectivity index (χ0) is 15.6. The van der Waals surface area contributed by atoms with Crippen molar-refractivity contribution in [1.29, 1.82) is 5.26 Å². The van der Waals surface area contributed by atoms with E-state index in [1.54, 1.807) is 0 Å². The van der Waals surface area contributed by atoms with Crippen LogP contribution in [0.4, 0.5) is 0 Å². The SMILES string of the molecule is [2H]C([2H])([2H])C(OC(=O)c1ccc(C#N)cc1)C([2H])([2H])[2H]. The van der Waals surface area contributed by atoms with Crippen LogP contribution >= 0.6 is 0 Å². The second-order valence-electron chi connectivity index (χ2n) is 2.47. The lowest BCUT2D eigenvalue weighted by Crippen LogP contribution is -2.11. The first-order valence-electron chi connectivity index (χ1n) is 6.77. The Hall–Kier alpha value is -1.82. The Labute approximate surface area is 91.4 Å². The molecule has 0 aromatic heterocycles. The van der Waals surface area contributed by atoms with E-state index >= 15 is 0 Å². The van der Waals surface area contributed by atoms with Crippen LogP contribution in [0, 0.1) is 11.3 Å². The molecule has 3 nitrogen and oxygen atoms in total. The number of hydrogen-bond donors (Lipinski definition) is 0. The molecule has 72 valence electrons. The van der Waals surface area contributed by atoms with Gasteiger partial charge in [-0.05, 0) is 38.0 Å². The summed E-state index contributed by atoms with van der Waals surface area (Å²) in [6.07, 6.45) is -2.20. The molecular formula is C11H11NO2. The van der Waals surface area contributed by atoms with E-state index in [-0.39, 0.29) is 5.56 Å². The molecule has 14 heavy (non-hydrogen) atoms. The van der Waals surface area contributed by atoms with E-state index in [0.717, 1.165) is 0 Å². The van der Waals surface area contributed by atoms with Crippen molar-refractivity contribution in [3.63, 3.8) is 0 Å². The third-order valence-electron chi connectivity index (χ3n) is 1.47. The van der Waals surface area contributed by atoms with Crippen molar-refractivity contribution in [3.05, 3.63) is 35.4 Å². The van der Waals surface area contributed by atoms with Crippen LogP contribution in [0.2, 0.25) is 0 Å². The van der Waals surface area contributed by atoms with E-state index in [4.69, 9.17) is 13.5 Å². The van der Waals surface area contributed by atoms with Gasteiger partial charge in [-0.1, -0.05) is 0 Å². The largest absolute Gasteiger partial charge is 0.459 e. The molecule has 0 N–H and O–H groups in total. The maximum Gasteiger partial charge on any atom is 0.338 e. The van der Waals surface area contributed by atoms with Crippen molar-refractivity contribution in [3.8, 4) is 6.07 Å². The molecule has 1 aromatic rings. The molecule has 0 unspecified atom stereocenters. The predicted molar refractivity (Wildman–Crippen MR) is 51.7 cm³/mol. The summed E-state index contributed by atoms with van der Waals surface area (Å²) in [4.78, 5) is 11.7. The van der Waals surface area contributed by atoms with Gasteiger partial charge in [-0.3, -0.25) is 0 Å². The van der Waals surface area contributed by atoms with Crippen molar-refractivity contribution >= 4 is 5.97 Å². The number of benzene rings is 1. The smallest absolute Gasteiger partial charge is 0.338 e. The molecule has 0 radical (unpaired) electrons. The van der Waals surface area contributed by atoms with E-state index < -0.39 is 25.8 Å². The normalized spacial score (nSPS) is 17.7. The van der Waals surface area contributed by atoms with Crippen LogP contribution in [0.1, 0.15) is 37.8 Å². The van der Waals surface area contributed by atoms with Gasteiger partial charge in [-0.25, -0.2) is 4.79 Å². The highest BCUT2D eigenvalue weighted by atomic mass is 16.5. The minimum absolute atomic E-state index is 0.0255. The van der Waals surface area contributed by atoms with Crippen LogP contribution in [0.15, 0.2) is 24.3 Å². The first-order chi connectivity index (χ1) is 9.05. The number of hydrogen-bond acceptors (Lipinski definition) is 3. The molecule has 1 aromatic carbocycles. The number of rotatable bonds is 2. The third-order valence-corrected chi connectivity index (χ3v) is 1.47. The fourth-order valence-electron chi connectivity index (χ4n) is 0.856. The van der Waals surface area contributed by atoms with Gasteiger partial charge in [0.1, 0.15) is 0 Å². The summed E-state index contributed by atoms with van der Waals surface area (Å²) < 4.78 is 47.3. The predicted octanol–water partition coefficient (Wildman–Crippen LogP) is 2.12. The molecule has 0 fully saturated rings. The quantitative estimate of drug-likeness (QED) is 0.679. The Morgan fingerprint density at radius 1 is 1.50 bits per heavy atom. The summed E-state index contributed by atoms with van der Waals surface area (Å²) in [7, 11) is 0. The third kappa shape index (κ3) is 2.60. The zero-order valence-electron chi connectivity index (χ0n) is 13.2. The summed E-state index contributed by atoms with van der Waals surface area (Å²) in [5.41, 5.74) is 0.284. The lowest BCUT2D eigenvalue weighted by molar-refractivity contribution is 0.0378. The van der Waals surface area contributed by atoms with Gasteiger partial charge in [0.2, 0.25) is 0 Å². The van der Waals surface area contributed by atoms with Crippen molar-refractivity contribution in [2.24, 2.45) is 0 Å². The summed E-state index contributed by atoms with van der Waals surface area (Å²) >= 11 is 0. The Morgan fingerprint density at radius 3 is 2.64 bits per heavy atom. The van der Waals surface area contributed by atoms with Crippen molar-refractivity contribution in [2.75, 3.05) is 0 Å². The maximum absolute atomic E-state index is 11.7. The minimum atomic E-state index is -2.95. The standard InChI is InChI=1S/C11H11NO2/c1-8(2)14-11(13)10-5-3-9(7-12)4-6-10/h3-6,8H,1-2H3/i1D3,2D3. The number of esters is 1. The van der Waals surface area contributed by atoms with Crippen LogP contribution in [0.5, 0.6) is 0 Å². The first kappa shape index (κ1) is 4.61. The lowest BCUT2D eigenvalue weighted by atomic mass is 10.1. The van der Waals surface area contributed by atoms with E-state index in [9.17, 15) is 4.79 Å². The highest BCUT2D eigenvalue weighted by Crippen LogP contribution is 2.06. The van der Waals surface area contributed by atoms with Crippen molar-refractivity contribution in [2.45, 2.75) is 19.8 Å². The Balaban J connectivity index is 2.94. The molecule has 0 aliphatic carbocycles. The number of nitriles is 1. The fraction of sp³-hybridized carbons (Fsp3) is 0.273. The number of carbonyl (C=O) groups is 1. The molecule has 0 amide bonds. The fourth-order valence-corrected chi connectivity index (χ4v) is 0.856. The van der Waals surface area contributed by atoms with Gasteiger partial charge in [0.15, 0.2) is 0 Å². The topological polar surface area (TPSA) is 50.1 Å². The average Bonchev–Trinajstić information content (AvgIpc) is 2.33. The van der Waals surface area contributed by atoms with Gasteiger partial charge in [-0.2, -0.15) is 5.26 Å². The maximum atomic E-state index is 11.7. The summed E-state index contributed by atoms with van der Waals surface area (Å²) in [6, 6.07) is 7.06. The molecule has 0 aliphatic heterocycles. The van der Waals surface area contributed by atoms with E-state index in [2.05, 4.69) is 4.74 Å². The first-order valence-corrected chi connectivity index (χ1v) is 3.77. The monoisotopic (exact) mass is 195 g/mol. The van der Waals surface area contributed by atoms with Gasteiger partial charge >= 0.3 is 5.97 Å². The van der Waals surface area contributed by atoms with Gasteiger partial charge in [0, 0.05) is 8.22 Å². The van der Waals surface area contributed by atoms with Gasteiger partial charge in [-0.15, -0.1) is 0 Å². The van der Waals surface area contributed by atoms with Gasteiger partial charge < -0.3 is 4.74 Å². The van der Waals surface area contributed by atoms with Crippen molar-refractivity contribution in [1.82, 2.24) is 0 Å². The summed E-state index contributed by atoms with van der Waals surface area (Å²) in [5, 5.41) is 8.61. The Morgan fingerprint density at radius 2 is 2.14 bits per heavy atom. The van der Waals surface area contributed by atoms with Gasteiger partial charge in [0.25, 0.3) is 0 Å². The molecule has 3 heteroatoms. The second-order valence-corrected chi connectivity index (χ2v) is 2.47. The summed E-state index contributed by atoms with van der Waals surface area (Å²) in [6.45, 7) is -5.90. The van der Waals surface area contributed by atoms with Crippen molar-refractivity contribution < 1.29 is 17.8 Å². The lowest BCUT2D eigenvalue weighted by Gasteiger charge is -2.07. The molecule has 0 atom stereocenters. The average molecular weight is 195 g/mol. The van der Waals surface area contributed by atoms with Gasteiger partial charge in [0.05, 0.1) is 23.3 Å². The van der Waals surface area contributed by atoms with E-state index in [1.165, 1.54) is 24.3 Å². The molecule has 0 saturated heterocycles. The molecule has 0 heterocycles. The summed E-state index contributed by atoms with van der Waals surface area (Å²) in [5.74, 6) is -1.06. The van der Waals surface area contributed by atoms with Crippen LogP contribution in [0.3, 0.4) is 0 Å². The number of nitrogens with zero attached hydrogens (tertiary/aromatic N) is 1. The van der Waals surface area contributed by atoms with Crippen LogP contribution in [-0.2, 0) is 4.74 Å². The molecule has 1 rings (SSSR count). The zero-order valence-corrected chi connectivity index (χ0v) is 7.15. The molecule has 0 aliphatic rings.